The van der Waals surface area contributed by atoms with Crippen molar-refractivity contribution in [2.75, 3.05) is 11.9 Å². The van der Waals surface area contributed by atoms with Crippen LogP contribution in [-0.2, 0) is 0 Å². The molecule has 0 radical (unpaired) electrons. The highest BCUT2D eigenvalue weighted by Gasteiger charge is 2.23. The van der Waals surface area contributed by atoms with E-state index in [1.54, 1.807) is 10.8 Å². The zero-order valence-electron chi connectivity index (χ0n) is 16.0. The zero-order valence-corrected chi connectivity index (χ0v) is 16.7. The Morgan fingerprint density at radius 1 is 1.28 bits per heavy atom. The highest BCUT2D eigenvalue weighted by molar-refractivity contribution is 6.66. The third-order valence-electron chi connectivity index (χ3n) is 4.76. The topological polar surface area (TPSA) is 42.2 Å². The predicted octanol–water partition coefficient (Wildman–Crippen LogP) is 6.04. The summed E-state index contributed by atoms with van der Waals surface area (Å²) in [5.41, 5.74) is 4.74. The van der Waals surface area contributed by atoms with Gasteiger partial charge in [0.1, 0.15) is 16.8 Å². The minimum atomic E-state index is -0.504. The van der Waals surface area contributed by atoms with E-state index in [2.05, 4.69) is 40.2 Å². The third kappa shape index (κ3) is 4.00. The quantitative estimate of drug-likeness (QED) is 0.628. The standard InChI is InChI=1S/C23H20ClFN4/c1-3-16(10-9-15(2)25)20-13-22-26-14-19-11-18(17-7-5-4-6-8-17)12-21(24)27-23(19)29(22)28-20/h3-11,13,26H,2,12,14H2,1H3. The lowest BCUT2D eigenvalue weighted by Crippen LogP contribution is -2.17. The number of allylic oxidation sites excluding steroid dienone is 6. The number of nitrogens with zero attached hydrogens (tertiary/aromatic N) is 3. The minimum Gasteiger partial charge on any atom is -0.366 e. The van der Waals surface area contributed by atoms with Crippen molar-refractivity contribution in [2.45, 2.75) is 13.3 Å². The van der Waals surface area contributed by atoms with E-state index in [0.29, 0.717) is 29.7 Å². The van der Waals surface area contributed by atoms with E-state index in [1.807, 2.05) is 37.3 Å². The van der Waals surface area contributed by atoms with Crippen LogP contribution in [0.15, 0.2) is 83.7 Å². The summed E-state index contributed by atoms with van der Waals surface area (Å²) < 4.78 is 14.8. The lowest BCUT2D eigenvalue weighted by molar-refractivity contribution is 0.671. The van der Waals surface area contributed by atoms with Crippen LogP contribution >= 0.6 is 11.6 Å². The molecule has 1 aromatic carbocycles. The average Bonchev–Trinajstić information content (AvgIpc) is 3.06. The number of halogens is 2. The van der Waals surface area contributed by atoms with Crippen LogP contribution in [-0.4, -0.2) is 21.5 Å². The van der Waals surface area contributed by atoms with Crippen LogP contribution in [0.1, 0.15) is 24.6 Å². The maximum atomic E-state index is 13.0. The molecule has 3 heterocycles. The maximum absolute atomic E-state index is 13.0. The summed E-state index contributed by atoms with van der Waals surface area (Å²) in [6.07, 6.45) is 7.54. The second kappa shape index (κ2) is 8.05. The summed E-state index contributed by atoms with van der Waals surface area (Å²) in [6.45, 7) is 5.76. The highest BCUT2D eigenvalue weighted by Crippen LogP contribution is 2.34. The number of anilines is 1. The van der Waals surface area contributed by atoms with Gasteiger partial charge in [-0.15, -0.1) is 0 Å². The van der Waals surface area contributed by atoms with E-state index in [4.69, 9.17) is 11.6 Å². The van der Waals surface area contributed by atoms with Crippen molar-refractivity contribution in [2.24, 2.45) is 4.99 Å². The van der Waals surface area contributed by atoms with E-state index in [0.717, 1.165) is 28.1 Å². The molecule has 1 aromatic heterocycles. The molecule has 0 unspecified atom stereocenters. The van der Waals surface area contributed by atoms with Gasteiger partial charge in [-0.1, -0.05) is 60.7 Å². The molecular formula is C23H20ClFN4. The van der Waals surface area contributed by atoms with Crippen LogP contribution in [0.5, 0.6) is 0 Å². The van der Waals surface area contributed by atoms with Gasteiger partial charge in [0.15, 0.2) is 5.82 Å². The normalized spacial score (nSPS) is 16.6. The number of aliphatic imine (C=N–C) groups is 1. The summed E-state index contributed by atoms with van der Waals surface area (Å²) in [5.74, 6) is 1.01. The molecule has 0 spiro atoms. The zero-order chi connectivity index (χ0) is 20.4. The van der Waals surface area contributed by atoms with E-state index in [1.165, 1.54) is 6.08 Å². The molecule has 0 bridgehead atoms. The second-order valence-corrected chi connectivity index (χ2v) is 7.19. The fourth-order valence-electron chi connectivity index (χ4n) is 3.37. The first kappa shape index (κ1) is 19.2. The number of hydrogen-bond acceptors (Lipinski definition) is 3. The Morgan fingerprint density at radius 2 is 2.07 bits per heavy atom. The summed E-state index contributed by atoms with van der Waals surface area (Å²) in [7, 11) is 0. The van der Waals surface area contributed by atoms with Crippen molar-refractivity contribution in [1.29, 1.82) is 0 Å². The largest absolute Gasteiger partial charge is 0.366 e. The van der Waals surface area contributed by atoms with Gasteiger partial charge in [0.05, 0.1) is 5.69 Å². The molecule has 2 aromatic rings. The van der Waals surface area contributed by atoms with Crippen LogP contribution in [0.4, 0.5) is 10.2 Å². The molecule has 2 aliphatic rings. The van der Waals surface area contributed by atoms with Crippen molar-refractivity contribution in [1.82, 2.24) is 9.78 Å². The fourth-order valence-corrected chi connectivity index (χ4v) is 3.59. The maximum Gasteiger partial charge on any atom is 0.162 e. The molecule has 0 saturated carbocycles. The minimum absolute atomic E-state index is 0.504. The summed E-state index contributed by atoms with van der Waals surface area (Å²) in [6, 6.07) is 12.1. The summed E-state index contributed by atoms with van der Waals surface area (Å²) in [5, 5.41) is 8.58. The number of benzene rings is 1. The summed E-state index contributed by atoms with van der Waals surface area (Å²) >= 11 is 6.47. The Balaban J connectivity index is 1.77. The molecule has 0 amide bonds. The molecule has 0 saturated heterocycles. The second-order valence-electron chi connectivity index (χ2n) is 6.75. The van der Waals surface area contributed by atoms with Crippen molar-refractivity contribution >= 4 is 39.6 Å². The van der Waals surface area contributed by atoms with Crippen LogP contribution in [0, 0.1) is 0 Å². The van der Waals surface area contributed by atoms with Crippen LogP contribution < -0.4 is 5.32 Å². The Morgan fingerprint density at radius 3 is 2.79 bits per heavy atom. The van der Waals surface area contributed by atoms with Crippen LogP contribution in [0.3, 0.4) is 0 Å². The first-order valence-electron chi connectivity index (χ1n) is 9.31. The van der Waals surface area contributed by atoms with Crippen LogP contribution in [0.25, 0.3) is 17.0 Å². The number of fused-ring (bicyclic) bond motifs is 2. The van der Waals surface area contributed by atoms with Gasteiger partial charge in [-0.2, -0.15) is 9.78 Å². The lowest BCUT2D eigenvalue weighted by atomic mass is 10.0. The predicted molar refractivity (Wildman–Crippen MR) is 119 cm³/mol. The Hall–Kier alpha value is -3.18. The average molecular weight is 407 g/mol. The molecule has 146 valence electrons. The van der Waals surface area contributed by atoms with Gasteiger partial charge in [-0.3, -0.25) is 0 Å². The van der Waals surface area contributed by atoms with E-state index >= 15 is 0 Å². The molecule has 4 nitrogen and oxygen atoms in total. The summed E-state index contributed by atoms with van der Waals surface area (Å²) in [4.78, 5) is 4.65. The van der Waals surface area contributed by atoms with Crippen molar-refractivity contribution in [3.63, 3.8) is 0 Å². The molecule has 2 aliphatic heterocycles. The van der Waals surface area contributed by atoms with Gasteiger partial charge in [-0.05, 0) is 35.8 Å². The van der Waals surface area contributed by atoms with E-state index in [-0.39, 0.29) is 0 Å². The monoisotopic (exact) mass is 406 g/mol. The molecule has 0 atom stereocenters. The van der Waals surface area contributed by atoms with Gasteiger partial charge in [0, 0.05) is 24.6 Å². The number of hydrogen-bond donors (Lipinski definition) is 1. The van der Waals surface area contributed by atoms with Crippen molar-refractivity contribution in [3.8, 4) is 0 Å². The van der Waals surface area contributed by atoms with Gasteiger partial charge < -0.3 is 5.32 Å². The molecule has 0 fully saturated rings. The van der Waals surface area contributed by atoms with Gasteiger partial charge >= 0.3 is 0 Å². The first-order chi connectivity index (χ1) is 14.0. The smallest absolute Gasteiger partial charge is 0.162 e. The Labute approximate surface area is 174 Å². The number of rotatable bonds is 4. The van der Waals surface area contributed by atoms with Crippen molar-refractivity contribution in [3.05, 3.63) is 89.9 Å². The molecule has 1 N–H and O–H groups in total. The first-order valence-corrected chi connectivity index (χ1v) is 9.68. The Bertz CT molecular complexity index is 1120. The molecule has 29 heavy (non-hydrogen) atoms. The fraction of sp³-hybridized carbons (Fsp3) is 0.130. The molecule has 6 heteroatoms. The molecule has 4 rings (SSSR count). The molecular weight excluding hydrogens is 387 g/mol. The number of aromatic nitrogens is 2. The lowest BCUT2D eigenvalue weighted by Gasteiger charge is -2.18. The van der Waals surface area contributed by atoms with Gasteiger partial charge in [0.2, 0.25) is 0 Å². The number of nitrogens with one attached hydrogen (secondary N) is 1. The highest BCUT2D eigenvalue weighted by atomic mass is 35.5. The van der Waals surface area contributed by atoms with E-state index in [9.17, 15) is 4.39 Å². The van der Waals surface area contributed by atoms with Crippen molar-refractivity contribution < 1.29 is 4.39 Å². The van der Waals surface area contributed by atoms with Crippen LogP contribution in [0.2, 0.25) is 0 Å². The van der Waals surface area contributed by atoms with Gasteiger partial charge in [-0.25, -0.2) is 9.38 Å². The van der Waals surface area contributed by atoms with E-state index < -0.39 is 5.83 Å². The molecule has 0 aliphatic carbocycles. The SMILES string of the molecule is C=C(F)C=CC(=CC)c1cc2n(n1)C1=C(C=C(c3ccccc3)CC(Cl)=N1)CN2. The Kier molecular flexibility index (Phi) is 5.32. The van der Waals surface area contributed by atoms with Gasteiger partial charge in [0.25, 0.3) is 0 Å². The third-order valence-corrected chi connectivity index (χ3v) is 4.98.